The molecule has 10 N–H and O–H groups in total. The largest absolute Gasteiger partial charge is 0.480 e. The number of hydrogen-bond donors (Lipinski definition) is 9. The van der Waals surface area contributed by atoms with Crippen molar-refractivity contribution < 1.29 is 69.8 Å². The number of benzene rings is 2. The maximum atomic E-state index is 14.0. The van der Waals surface area contributed by atoms with Crippen LogP contribution in [0.4, 0.5) is 9.59 Å². The number of rotatable bonds is 23. The molecule has 6 aliphatic rings. The summed E-state index contributed by atoms with van der Waals surface area (Å²) in [5.74, 6) is -3.02. The van der Waals surface area contributed by atoms with Crippen molar-refractivity contribution in [3.8, 4) is 0 Å². The number of aromatic amines is 2. The van der Waals surface area contributed by atoms with Crippen LogP contribution in [0.25, 0.3) is 21.8 Å². The number of ether oxygens (including phenoxy) is 2. The molecule has 0 radical (unpaired) electrons. The first-order valence-electron chi connectivity index (χ1n) is 33.7. The Kier molecular flexibility index (Phi) is 23.2. The van der Waals surface area contributed by atoms with Crippen molar-refractivity contribution in [1.82, 2.24) is 45.2 Å². The van der Waals surface area contributed by atoms with E-state index in [0.717, 1.165) is 88.9 Å². The van der Waals surface area contributed by atoms with Gasteiger partial charge in [0.1, 0.15) is 45.2 Å². The van der Waals surface area contributed by atoms with Crippen LogP contribution >= 0.6 is 0 Å². The number of aliphatic carboxylic acids is 1. The molecule has 4 aromatic rings. The highest BCUT2D eigenvalue weighted by Gasteiger charge is 2.66. The molecule has 7 amide bonds. The van der Waals surface area contributed by atoms with E-state index in [1.165, 1.54) is 28.4 Å². The highest BCUT2D eigenvalue weighted by molar-refractivity contribution is 7.90. The topological polar surface area (TPSA) is 368 Å². The van der Waals surface area contributed by atoms with Crippen LogP contribution in [0.5, 0.6) is 0 Å². The lowest BCUT2D eigenvalue weighted by Crippen LogP contribution is -2.57. The van der Waals surface area contributed by atoms with Crippen LogP contribution in [0.3, 0.4) is 0 Å². The van der Waals surface area contributed by atoms with Crippen LogP contribution < -0.4 is 31.1 Å². The third-order valence-electron chi connectivity index (χ3n) is 18.7. The van der Waals surface area contributed by atoms with Gasteiger partial charge in [-0.2, -0.15) is 0 Å². The number of carbonyl (C=O) groups is 8. The summed E-state index contributed by atoms with van der Waals surface area (Å²) in [6.07, 6.45) is 17.3. The number of fused-ring (bicyclic) bond motifs is 2. The Labute approximate surface area is 558 Å². The van der Waals surface area contributed by atoms with Crippen molar-refractivity contribution in [2.75, 3.05) is 26.2 Å². The maximum Gasteiger partial charge on any atom is 0.408 e. The molecule has 2 aromatic carbocycles. The summed E-state index contributed by atoms with van der Waals surface area (Å²) in [6.45, 7) is 17.8. The van der Waals surface area contributed by atoms with E-state index < -0.39 is 96.2 Å². The number of hydrogen-bond acceptors (Lipinski definition) is 15. The van der Waals surface area contributed by atoms with Crippen LogP contribution in [0, 0.1) is 47.3 Å². The van der Waals surface area contributed by atoms with Crippen LogP contribution in [0.2, 0.25) is 0 Å². The Morgan fingerprint density at radius 2 is 0.989 bits per heavy atom. The number of para-hydroxylation sites is 2. The zero-order valence-electron chi connectivity index (χ0n) is 56.6. The summed E-state index contributed by atoms with van der Waals surface area (Å²) in [6, 6.07) is 11.5. The number of carboxylic acids is 1. The molecule has 2 aromatic heterocycles. The third-order valence-corrected chi connectivity index (χ3v) is 21.4. The van der Waals surface area contributed by atoms with Gasteiger partial charge in [-0.15, -0.1) is 0 Å². The molecular weight excluding hydrogens is 1260 g/mol. The first-order valence-corrected chi connectivity index (χ1v) is 36.6. The van der Waals surface area contributed by atoms with Crippen LogP contribution in [0.15, 0.2) is 70.7 Å². The van der Waals surface area contributed by atoms with Gasteiger partial charge in [0.05, 0.1) is 23.1 Å². The number of carbonyl (C=O) groups excluding carboxylic acids is 7. The lowest BCUT2D eigenvalue weighted by molar-refractivity contribution is -0.146. The highest BCUT2D eigenvalue weighted by Crippen LogP contribution is 2.58. The molecule has 0 unspecified atom stereocenters. The van der Waals surface area contributed by atoms with E-state index in [0.29, 0.717) is 54.2 Å². The average Bonchev–Trinajstić information content (AvgIpc) is 1.56. The number of nitrogens with zero attached hydrogens (tertiary/aromatic N) is 2. The van der Waals surface area contributed by atoms with Gasteiger partial charge in [0.2, 0.25) is 17.7 Å². The number of nitrogens with two attached hydrogens (primary N) is 1. The summed E-state index contributed by atoms with van der Waals surface area (Å²) in [5, 5.41) is 18.9. The molecule has 0 aliphatic heterocycles. The smallest absolute Gasteiger partial charge is 0.408 e. The van der Waals surface area contributed by atoms with Gasteiger partial charge in [-0.25, -0.2) is 35.9 Å². The Bertz CT molecular complexity index is 3670. The van der Waals surface area contributed by atoms with Gasteiger partial charge >= 0.3 is 18.2 Å². The molecule has 0 bridgehead atoms. The van der Waals surface area contributed by atoms with Gasteiger partial charge in [-0.05, 0) is 177 Å². The van der Waals surface area contributed by atoms with Gasteiger partial charge in [-0.3, -0.25) is 28.8 Å². The fraction of sp³-hybridized carbons (Fsp3) is 0.647. The fourth-order valence-corrected chi connectivity index (χ4v) is 15.8. The minimum Gasteiger partial charge on any atom is -0.480 e. The average molecular weight is 1360 g/mol. The molecule has 95 heavy (non-hydrogen) atoms. The summed E-state index contributed by atoms with van der Waals surface area (Å²) in [4.78, 5) is 112. The molecule has 25 nitrogen and oxygen atoms in total. The zero-order chi connectivity index (χ0) is 69.6. The monoisotopic (exact) mass is 1360 g/mol. The number of nitrogens with one attached hydrogen (secondary N) is 7. The quantitative estimate of drug-likeness (QED) is 0.0337. The van der Waals surface area contributed by atoms with Crippen molar-refractivity contribution in [2.45, 2.75) is 216 Å². The molecule has 0 spiro atoms. The fourth-order valence-electron chi connectivity index (χ4n) is 13.3. The lowest BCUT2D eigenvalue weighted by Gasteiger charge is -2.34. The standard InChI is InChI=1S/C34H49N5O7S.C19H34N2O5.C15H17N3O3S/c1-21(2)28(36-32(43)46-33(3,4)5)30(41)39(19-22-10-7-6-8-11-22)20-27(40)37-34(18-25(34)23-14-15-23)31(42)38-47(44,45)26-13-9-12-24-16-17-35-29(24)26;1-13(2)16(20-18(25)26-19(3,4)5)17(24)21(12-15(22)23)11-14-9-7-6-8-10-14;16-15(8-11(15)9-4-5-9)14(19)18-22(20,21)12-3-1-2-10-6-7-17-13(10)12/h9,12-13,16-17,21-23,25,28,35H,6-8,10-11,14-15,18-20H2,1-5H3,(H,36,43)(H,37,40)(H,38,42);13-14,16H,6-12H2,1-5H3,(H,20,25)(H,22,23);1-3,6-7,9,11,17H,4-5,8,16H2,(H,18,19)/t25-,28-,34+;16-;11-,15+/m000/s1. The first-order chi connectivity index (χ1) is 44.5. The van der Waals surface area contributed by atoms with Gasteiger partial charge in [0.25, 0.3) is 31.9 Å². The normalized spacial score (nSPS) is 22.1. The zero-order valence-corrected chi connectivity index (χ0v) is 58.3. The Morgan fingerprint density at radius 1 is 0.579 bits per heavy atom. The summed E-state index contributed by atoms with van der Waals surface area (Å²) < 4.78 is 67.0. The van der Waals surface area contributed by atoms with Crippen molar-refractivity contribution in [3.63, 3.8) is 0 Å². The Morgan fingerprint density at radius 3 is 1.39 bits per heavy atom. The number of carboxylic acid groups (broad SMARTS) is 1. The summed E-state index contributed by atoms with van der Waals surface area (Å²) >= 11 is 0. The molecule has 2 heterocycles. The summed E-state index contributed by atoms with van der Waals surface area (Å²) in [5.41, 5.74) is 3.12. The molecule has 0 saturated heterocycles. The molecule has 524 valence electrons. The van der Waals surface area contributed by atoms with E-state index in [-0.39, 0.29) is 64.3 Å². The van der Waals surface area contributed by atoms with E-state index in [4.69, 9.17) is 15.2 Å². The summed E-state index contributed by atoms with van der Waals surface area (Å²) in [7, 11) is -8.20. The number of aromatic nitrogens is 2. The molecule has 10 rings (SSSR count). The molecule has 6 aliphatic carbocycles. The SMILES string of the molecule is CC(C)[C@H](NC(=O)OC(C)(C)C)C(=O)N(CC(=O)N[C@]1(C(=O)NS(=O)(=O)c2cccc3cc[nH]c23)C[C@H]1C1CC1)CC1CCCCC1.CC(C)[C@H](NC(=O)OC(C)(C)C)C(=O)N(CC(=O)O)CC1CCCCC1.N[C@]1(C(=O)NS(=O)(=O)c2cccc3cc[nH]c23)C[C@H]1C1CC1. The van der Waals surface area contributed by atoms with Crippen molar-refractivity contribution in [2.24, 2.45) is 53.1 Å². The van der Waals surface area contributed by atoms with E-state index in [1.807, 2.05) is 27.7 Å². The second-order valence-electron chi connectivity index (χ2n) is 29.7. The van der Waals surface area contributed by atoms with E-state index in [9.17, 15) is 60.3 Å². The van der Waals surface area contributed by atoms with E-state index in [2.05, 4.69) is 35.4 Å². The molecule has 6 atom stereocenters. The van der Waals surface area contributed by atoms with Crippen LogP contribution in [0.1, 0.15) is 172 Å². The molecule has 27 heteroatoms. The predicted molar refractivity (Wildman–Crippen MR) is 357 cm³/mol. The van der Waals surface area contributed by atoms with Crippen molar-refractivity contribution >= 4 is 89.5 Å². The Hall–Kier alpha value is -7.26. The van der Waals surface area contributed by atoms with Gasteiger partial charge in [0, 0.05) is 36.3 Å². The number of amides is 7. The second-order valence-corrected chi connectivity index (χ2v) is 33.0. The van der Waals surface area contributed by atoms with Crippen LogP contribution in [-0.2, 0) is 58.3 Å². The predicted octanol–water partition coefficient (Wildman–Crippen LogP) is 8.35. The van der Waals surface area contributed by atoms with Gasteiger partial charge in [-0.1, -0.05) is 90.5 Å². The first kappa shape index (κ1) is 73.5. The molecule has 6 saturated carbocycles. The molecular formula is C68H100N10O15S2. The van der Waals surface area contributed by atoms with E-state index in [1.54, 1.807) is 90.3 Å². The second kappa shape index (κ2) is 30.0. The number of alkyl carbamates (subject to hydrolysis) is 2. The van der Waals surface area contributed by atoms with Crippen molar-refractivity contribution in [1.29, 1.82) is 0 Å². The minimum atomic E-state index is -4.26. The molecule has 6 fully saturated rings. The minimum absolute atomic E-state index is 0.0556. The van der Waals surface area contributed by atoms with Crippen LogP contribution in [-0.4, -0.2) is 150 Å². The lowest BCUT2D eigenvalue weighted by atomic mass is 9.88. The van der Waals surface area contributed by atoms with Crippen molar-refractivity contribution in [3.05, 3.63) is 60.9 Å². The maximum absolute atomic E-state index is 14.0. The Balaban J connectivity index is 0.000000202. The van der Waals surface area contributed by atoms with E-state index >= 15 is 0 Å². The number of sulfonamides is 2. The van der Waals surface area contributed by atoms with Gasteiger partial charge < -0.3 is 56.0 Å². The third kappa shape index (κ3) is 19.7. The highest BCUT2D eigenvalue weighted by atomic mass is 32.2. The van der Waals surface area contributed by atoms with Gasteiger partial charge in [0.15, 0.2) is 0 Å². The number of H-pyrrole nitrogens is 2.